The van der Waals surface area contributed by atoms with Gasteiger partial charge < -0.3 is 20.7 Å². The molecule has 0 radical (unpaired) electrons. The molecule has 3 aliphatic rings. The average molecular weight is 495 g/mol. The molecule has 1 saturated heterocycles. The number of benzene rings is 3. The predicted octanol–water partition coefficient (Wildman–Crippen LogP) is 3.96. The third kappa shape index (κ3) is 5.07. The summed E-state index contributed by atoms with van der Waals surface area (Å²) in [6.45, 7) is 3.33. The zero-order valence-electron chi connectivity index (χ0n) is 20.4. The summed E-state index contributed by atoms with van der Waals surface area (Å²) in [5, 5.41) is 14.1. The van der Waals surface area contributed by atoms with Gasteiger partial charge in [0.15, 0.2) is 6.23 Å². The number of hydrogen-bond donors (Lipinski definition) is 4. The van der Waals surface area contributed by atoms with Gasteiger partial charge in [0.2, 0.25) is 5.91 Å². The summed E-state index contributed by atoms with van der Waals surface area (Å²) in [7, 11) is 0. The Labute approximate surface area is 216 Å². The van der Waals surface area contributed by atoms with Crippen LogP contribution in [0.2, 0.25) is 0 Å². The highest BCUT2D eigenvalue weighted by atomic mass is 16.5. The van der Waals surface area contributed by atoms with Crippen molar-refractivity contribution in [2.45, 2.75) is 18.2 Å². The van der Waals surface area contributed by atoms with Gasteiger partial charge in [-0.05, 0) is 35.4 Å². The van der Waals surface area contributed by atoms with E-state index in [1.54, 1.807) is 0 Å². The van der Waals surface area contributed by atoms with Crippen molar-refractivity contribution < 1.29 is 9.53 Å². The molecule has 1 amide bonds. The van der Waals surface area contributed by atoms with E-state index in [-0.39, 0.29) is 24.1 Å². The maximum Gasteiger partial charge on any atom is 0.246 e. The number of nitrogens with one attached hydrogen (secondary N) is 4. The lowest BCUT2D eigenvalue weighted by Crippen LogP contribution is -2.48. The van der Waals surface area contributed by atoms with Crippen LogP contribution in [0.3, 0.4) is 0 Å². The van der Waals surface area contributed by atoms with Crippen LogP contribution in [0.15, 0.2) is 90.2 Å². The number of fused-ring (bicyclic) bond motifs is 1. The van der Waals surface area contributed by atoms with Gasteiger partial charge in [0.05, 0.1) is 5.69 Å². The molecule has 0 spiro atoms. The molecule has 0 bridgehead atoms. The molecule has 188 valence electrons. The van der Waals surface area contributed by atoms with E-state index in [0.717, 1.165) is 60.0 Å². The minimum atomic E-state index is -0.387. The van der Waals surface area contributed by atoms with Crippen LogP contribution in [0.25, 0.3) is 0 Å². The van der Waals surface area contributed by atoms with E-state index in [1.165, 1.54) is 0 Å². The number of para-hydroxylation sites is 2. The molecule has 3 heterocycles. The van der Waals surface area contributed by atoms with E-state index in [0.29, 0.717) is 0 Å². The van der Waals surface area contributed by atoms with Gasteiger partial charge in [-0.15, -0.1) is 0 Å². The molecular formula is C29H30N6O2. The summed E-state index contributed by atoms with van der Waals surface area (Å²) in [5.74, 6) is 0.913. The van der Waals surface area contributed by atoms with Crippen LogP contribution in [0.5, 0.6) is 5.75 Å². The van der Waals surface area contributed by atoms with Gasteiger partial charge in [-0.25, -0.2) is 0 Å². The van der Waals surface area contributed by atoms with E-state index in [4.69, 9.17) is 4.74 Å². The molecule has 8 heteroatoms. The summed E-state index contributed by atoms with van der Waals surface area (Å²) in [6, 6.07) is 23.7. The van der Waals surface area contributed by atoms with Gasteiger partial charge >= 0.3 is 0 Å². The number of hydrazone groups is 1. The highest BCUT2D eigenvalue weighted by molar-refractivity contribution is 5.95. The molecule has 3 aliphatic heterocycles. The van der Waals surface area contributed by atoms with Gasteiger partial charge in [-0.3, -0.25) is 15.1 Å². The lowest BCUT2D eigenvalue weighted by molar-refractivity contribution is -0.121. The van der Waals surface area contributed by atoms with Crippen molar-refractivity contribution in [2.24, 2.45) is 5.10 Å². The summed E-state index contributed by atoms with van der Waals surface area (Å²) in [4.78, 5) is 16.0. The van der Waals surface area contributed by atoms with Gasteiger partial charge in [0.1, 0.15) is 11.8 Å². The van der Waals surface area contributed by atoms with Crippen LogP contribution in [0.1, 0.15) is 34.9 Å². The second kappa shape index (κ2) is 10.5. The smallest absolute Gasteiger partial charge is 0.246 e. The maximum atomic E-state index is 13.7. The summed E-state index contributed by atoms with van der Waals surface area (Å²) in [5.41, 5.74) is 7.62. The maximum absolute atomic E-state index is 13.7. The lowest BCUT2D eigenvalue weighted by Gasteiger charge is -2.34. The second-order valence-corrected chi connectivity index (χ2v) is 9.40. The number of hydrogen-bond acceptors (Lipinski definition) is 7. The molecular weight excluding hydrogens is 464 g/mol. The monoisotopic (exact) mass is 494 g/mol. The van der Waals surface area contributed by atoms with Crippen LogP contribution < -0.4 is 26.1 Å². The van der Waals surface area contributed by atoms with Gasteiger partial charge in [0.25, 0.3) is 0 Å². The molecule has 0 aliphatic carbocycles. The normalized spacial score (nSPS) is 21.3. The number of amides is 1. The van der Waals surface area contributed by atoms with Gasteiger partial charge in [0, 0.05) is 55.8 Å². The van der Waals surface area contributed by atoms with Gasteiger partial charge in [-0.2, -0.15) is 5.10 Å². The van der Waals surface area contributed by atoms with E-state index >= 15 is 0 Å². The number of ether oxygens (including phenoxy) is 1. The van der Waals surface area contributed by atoms with E-state index < -0.39 is 0 Å². The SMILES string of the molecule is O=C(Nc1cccc(C2Nc3ccccc3O2)c1)C(c1ccc(C2C=CNN=C2)cc1)N1CCNCC1. The Morgan fingerprint density at radius 3 is 2.62 bits per heavy atom. The molecule has 1 fully saturated rings. The van der Waals surface area contributed by atoms with Crippen molar-refractivity contribution in [2.75, 3.05) is 36.8 Å². The molecule has 6 rings (SSSR count). The number of nitrogens with zero attached hydrogens (tertiary/aromatic N) is 2. The number of carbonyl (C=O) groups excluding carboxylic acids is 1. The number of anilines is 2. The first-order chi connectivity index (χ1) is 18.2. The van der Waals surface area contributed by atoms with E-state index in [2.05, 4.69) is 61.7 Å². The minimum Gasteiger partial charge on any atom is -0.464 e. The van der Waals surface area contributed by atoms with Crippen LogP contribution >= 0.6 is 0 Å². The van der Waals surface area contributed by atoms with Gasteiger partial charge in [-0.1, -0.05) is 54.6 Å². The standard InChI is InChI=1S/C29H30N6O2/c36-28(33-24-5-3-4-22(18-24)29-34-25-6-1-2-7-26(25)37-29)27(35-16-14-30-15-17-35)21-10-8-20(9-11-21)23-12-13-31-32-19-23/h1-13,18-19,23,27,29-31,34H,14-17H2,(H,33,36). The Balaban J connectivity index is 1.21. The zero-order chi connectivity index (χ0) is 25.0. The lowest BCUT2D eigenvalue weighted by atomic mass is 9.95. The van der Waals surface area contributed by atoms with Crippen molar-refractivity contribution in [3.05, 3.63) is 102 Å². The van der Waals surface area contributed by atoms with Crippen molar-refractivity contribution in [3.8, 4) is 5.75 Å². The fourth-order valence-corrected chi connectivity index (χ4v) is 5.06. The first-order valence-electron chi connectivity index (χ1n) is 12.7. The van der Waals surface area contributed by atoms with Crippen LogP contribution in [-0.4, -0.2) is 43.2 Å². The second-order valence-electron chi connectivity index (χ2n) is 9.40. The largest absolute Gasteiger partial charge is 0.464 e. The summed E-state index contributed by atoms with van der Waals surface area (Å²) >= 11 is 0. The molecule has 4 N–H and O–H groups in total. The molecule has 3 aromatic rings. The minimum absolute atomic E-state index is 0.0429. The fraction of sp³-hybridized carbons (Fsp3) is 0.241. The Morgan fingerprint density at radius 2 is 1.84 bits per heavy atom. The molecule has 3 unspecified atom stereocenters. The highest BCUT2D eigenvalue weighted by Gasteiger charge is 2.29. The van der Waals surface area contributed by atoms with Crippen LogP contribution in [-0.2, 0) is 4.79 Å². The third-order valence-electron chi connectivity index (χ3n) is 6.97. The first-order valence-corrected chi connectivity index (χ1v) is 12.7. The van der Waals surface area contributed by atoms with Crippen LogP contribution in [0, 0.1) is 0 Å². The number of rotatable bonds is 6. The summed E-state index contributed by atoms with van der Waals surface area (Å²) < 4.78 is 6.07. The number of carbonyl (C=O) groups is 1. The van der Waals surface area contributed by atoms with Crippen molar-refractivity contribution in [3.63, 3.8) is 0 Å². The molecule has 3 atom stereocenters. The number of allylic oxidation sites excluding steroid dienone is 1. The van der Waals surface area contributed by atoms with Crippen molar-refractivity contribution in [1.29, 1.82) is 0 Å². The zero-order valence-corrected chi connectivity index (χ0v) is 20.4. The topological polar surface area (TPSA) is 90.0 Å². The number of piperazine rings is 1. The molecule has 3 aromatic carbocycles. The molecule has 0 aromatic heterocycles. The third-order valence-corrected chi connectivity index (χ3v) is 6.97. The Kier molecular flexibility index (Phi) is 6.58. The highest BCUT2D eigenvalue weighted by Crippen LogP contribution is 2.38. The van der Waals surface area contributed by atoms with E-state index in [9.17, 15) is 4.79 Å². The average Bonchev–Trinajstić information content (AvgIpc) is 3.40. The Bertz CT molecular complexity index is 1280. The fourth-order valence-electron chi connectivity index (χ4n) is 5.06. The first kappa shape index (κ1) is 23.3. The Hall–Kier alpha value is -4.14. The molecule has 8 nitrogen and oxygen atoms in total. The summed E-state index contributed by atoms with van der Waals surface area (Å²) in [6.07, 6.45) is 5.49. The quantitative estimate of drug-likeness (QED) is 0.415. The van der Waals surface area contributed by atoms with Crippen molar-refractivity contribution >= 4 is 23.5 Å². The van der Waals surface area contributed by atoms with E-state index in [1.807, 2.05) is 60.9 Å². The molecule has 0 saturated carbocycles. The van der Waals surface area contributed by atoms with Crippen LogP contribution in [0.4, 0.5) is 11.4 Å². The van der Waals surface area contributed by atoms with Crippen molar-refractivity contribution in [1.82, 2.24) is 15.6 Å². The molecule has 37 heavy (non-hydrogen) atoms. The Morgan fingerprint density at radius 1 is 1.00 bits per heavy atom. The predicted molar refractivity (Wildman–Crippen MR) is 146 cm³/mol.